The molecule has 6 nitrogen and oxygen atoms in total. The van der Waals surface area contributed by atoms with Crippen LogP contribution in [0.4, 0.5) is 8.78 Å². The van der Waals surface area contributed by atoms with Crippen molar-refractivity contribution in [1.82, 2.24) is 9.21 Å². The van der Waals surface area contributed by atoms with Gasteiger partial charge in [-0.25, -0.2) is 17.2 Å². The summed E-state index contributed by atoms with van der Waals surface area (Å²) >= 11 is 3.34. The summed E-state index contributed by atoms with van der Waals surface area (Å²) in [5.74, 6) is -2.06. The second kappa shape index (κ2) is 8.14. The molecular weight excluding hydrogens is 458 g/mol. The first-order chi connectivity index (χ1) is 13.2. The zero-order chi connectivity index (χ0) is 20.5. The molecule has 1 fully saturated rings. The molecule has 0 spiro atoms. The zero-order valence-corrected chi connectivity index (χ0v) is 17.3. The van der Waals surface area contributed by atoms with E-state index in [2.05, 4.69) is 15.9 Å². The van der Waals surface area contributed by atoms with Crippen LogP contribution in [0.15, 0.2) is 45.8 Å². The van der Waals surface area contributed by atoms with E-state index in [1.54, 1.807) is 18.2 Å². The Morgan fingerprint density at radius 2 is 1.71 bits per heavy atom. The maximum Gasteiger partial charge on any atom is 0.255 e. The molecule has 10 heteroatoms. The average Bonchev–Trinajstić information content (AvgIpc) is 2.70. The number of hydrogen-bond donors (Lipinski definition) is 0. The maximum atomic E-state index is 13.4. The van der Waals surface area contributed by atoms with E-state index < -0.39 is 21.7 Å². The van der Waals surface area contributed by atoms with Crippen molar-refractivity contribution in [1.29, 1.82) is 0 Å². The van der Waals surface area contributed by atoms with Gasteiger partial charge in [0.05, 0.1) is 17.6 Å². The van der Waals surface area contributed by atoms with Crippen LogP contribution in [0.25, 0.3) is 0 Å². The largest absolute Gasteiger partial charge is 0.497 e. The monoisotopic (exact) mass is 474 g/mol. The standard InChI is InChI=1S/C18H17BrF2N2O4S/c1-27-12-2-4-15(19)14(10-12)18(24)22-6-8-23(9-7-22)28(25,26)13-3-5-16(20)17(21)11-13/h2-5,10-11H,6-9H2,1H3. The van der Waals surface area contributed by atoms with Crippen molar-refractivity contribution in [2.75, 3.05) is 33.3 Å². The van der Waals surface area contributed by atoms with Crippen LogP contribution >= 0.6 is 15.9 Å². The molecule has 2 aromatic rings. The van der Waals surface area contributed by atoms with Crippen molar-refractivity contribution in [3.05, 3.63) is 58.1 Å². The van der Waals surface area contributed by atoms with Crippen molar-refractivity contribution in [3.8, 4) is 5.75 Å². The van der Waals surface area contributed by atoms with Gasteiger partial charge < -0.3 is 9.64 Å². The Labute approximate surface area is 169 Å². The van der Waals surface area contributed by atoms with Crippen LogP contribution in [0, 0.1) is 11.6 Å². The lowest BCUT2D eigenvalue weighted by atomic mass is 10.1. The molecule has 28 heavy (non-hydrogen) atoms. The minimum absolute atomic E-state index is 0.0503. The van der Waals surface area contributed by atoms with Gasteiger partial charge >= 0.3 is 0 Å². The first-order valence-corrected chi connectivity index (χ1v) is 10.6. The molecule has 1 aliphatic heterocycles. The number of piperazine rings is 1. The first kappa shape index (κ1) is 20.7. The fourth-order valence-corrected chi connectivity index (χ4v) is 4.73. The van der Waals surface area contributed by atoms with Crippen molar-refractivity contribution < 1.29 is 26.7 Å². The van der Waals surface area contributed by atoms with Gasteiger partial charge in [-0.3, -0.25) is 4.79 Å². The van der Waals surface area contributed by atoms with Gasteiger partial charge in [-0.15, -0.1) is 0 Å². The Hall–Kier alpha value is -2.04. The lowest BCUT2D eigenvalue weighted by Crippen LogP contribution is -2.50. The number of nitrogens with zero attached hydrogens (tertiary/aromatic N) is 2. The highest BCUT2D eigenvalue weighted by Gasteiger charge is 2.31. The van der Waals surface area contributed by atoms with E-state index in [4.69, 9.17) is 4.74 Å². The minimum atomic E-state index is -3.97. The fraction of sp³-hybridized carbons (Fsp3) is 0.278. The Balaban J connectivity index is 1.73. The summed E-state index contributed by atoms with van der Waals surface area (Å²) in [6, 6.07) is 7.50. The first-order valence-electron chi connectivity index (χ1n) is 8.32. The predicted octanol–water partition coefficient (Wildman–Crippen LogP) is 2.88. The van der Waals surface area contributed by atoms with E-state index in [0.29, 0.717) is 21.9 Å². The van der Waals surface area contributed by atoms with Gasteiger partial charge in [0.15, 0.2) is 11.6 Å². The van der Waals surface area contributed by atoms with E-state index in [0.717, 1.165) is 16.4 Å². The van der Waals surface area contributed by atoms with Gasteiger partial charge in [-0.2, -0.15) is 4.31 Å². The molecule has 0 radical (unpaired) electrons. The molecule has 2 aromatic carbocycles. The lowest BCUT2D eigenvalue weighted by molar-refractivity contribution is 0.0696. The Morgan fingerprint density at radius 3 is 2.32 bits per heavy atom. The third-order valence-electron chi connectivity index (χ3n) is 4.46. The number of carbonyl (C=O) groups is 1. The molecule has 0 aromatic heterocycles. The van der Waals surface area contributed by atoms with Crippen molar-refractivity contribution in [2.24, 2.45) is 0 Å². The van der Waals surface area contributed by atoms with Crippen LogP contribution in [0.2, 0.25) is 0 Å². The number of amides is 1. The number of methoxy groups -OCH3 is 1. The van der Waals surface area contributed by atoms with Gasteiger partial charge in [0, 0.05) is 30.7 Å². The summed E-state index contributed by atoms with van der Waals surface area (Å²) < 4.78 is 58.7. The normalized spacial score (nSPS) is 15.5. The SMILES string of the molecule is COc1ccc(Br)c(C(=O)N2CCN(S(=O)(=O)c3ccc(F)c(F)c3)CC2)c1. The molecule has 0 unspecified atom stereocenters. The van der Waals surface area contributed by atoms with Gasteiger partial charge in [0.25, 0.3) is 5.91 Å². The molecule has 0 saturated carbocycles. The van der Waals surface area contributed by atoms with E-state index >= 15 is 0 Å². The van der Waals surface area contributed by atoms with Gasteiger partial charge in [-0.1, -0.05) is 0 Å². The highest BCUT2D eigenvalue weighted by atomic mass is 79.9. The quantitative estimate of drug-likeness (QED) is 0.683. The molecular formula is C18H17BrF2N2O4S. The predicted molar refractivity (Wildman–Crippen MR) is 102 cm³/mol. The lowest BCUT2D eigenvalue weighted by Gasteiger charge is -2.34. The molecule has 0 N–H and O–H groups in total. The molecule has 1 saturated heterocycles. The molecule has 1 heterocycles. The van der Waals surface area contributed by atoms with Crippen LogP contribution in [-0.4, -0.2) is 56.8 Å². The van der Waals surface area contributed by atoms with Crippen molar-refractivity contribution >= 4 is 31.9 Å². The minimum Gasteiger partial charge on any atom is -0.497 e. The van der Waals surface area contributed by atoms with Gasteiger partial charge in [0.1, 0.15) is 5.75 Å². The van der Waals surface area contributed by atoms with Crippen molar-refractivity contribution in [2.45, 2.75) is 4.90 Å². The smallest absolute Gasteiger partial charge is 0.255 e. The van der Waals surface area contributed by atoms with Crippen molar-refractivity contribution in [3.63, 3.8) is 0 Å². The van der Waals surface area contributed by atoms with Crippen LogP contribution in [0.3, 0.4) is 0 Å². The summed E-state index contributed by atoms with van der Waals surface area (Å²) in [6.45, 7) is 0.445. The molecule has 1 amide bonds. The number of sulfonamides is 1. The van der Waals surface area contributed by atoms with Crippen LogP contribution in [0.1, 0.15) is 10.4 Å². The fourth-order valence-electron chi connectivity index (χ4n) is 2.88. The third-order valence-corrected chi connectivity index (χ3v) is 7.04. The number of ether oxygens (including phenoxy) is 1. The molecule has 0 atom stereocenters. The highest BCUT2D eigenvalue weighted by molar-refractivity contribution is 9.10. The molecule has 1 aliphatic rings. The molecule has 0 bridgehead atoms. The van der Waals surface area contributed by atoms with E-state index in [1.807, 2.05) is 0 Å². The summed E-state index contributed by atoms with van der Waals surface area (Å²) in [5.41, 5.74) is 0.413. The molecule has 3 rings (SSSR count). The number of benzene rings is 2. The van der Waals surface area contributed by atoms with Gasteiger partial charge in [0.2, 0.25) is 10.0 Å². The summed E-state index contributed by atoms with van der Waals surface area (Å²) in [6.07, 6.45) is 0. The maximum absolute atomic E-state index is 13.4. The highest BCUT2D eigenvalue weighted by Crippen LogP contribution is 2.25. The zero-order valence-electron chi connectivity index (χ0n) is 14.9. The molecule has 0 aliphatic carbocycles. The van der Waals surface area contributed by atoms with E-state index in [-0.39, 0.29) is 37.0 Å². The third kappa shape index (κ3) is 4.03. The topological polar surface area (TPSA) is 66.9 Å². The second-order valence-corrected chi connectivity index (χ2v) is 8.91. The Morgan fingerprint density at radius 1 is 1.04 bits per heavy atom. The second-order valence-electron chi connectivity index (χ2n) is 6.12. The average molecular weight is 475 g/mol. The Bertz CT molecular complexity index is 1010. The number of hydrogen-bond acceptors (Lipinski definition) is 4. The summed E-state index contributed by atoms with van der Waals surface area (Å²) in [5, 5.41) is 0. The number of carbonyl (C=O) groups excluding carboxylic acids is 1. The van der Waals surface area contributed by atoms with Crippen LogP contribution < -0.4 is 4.74 Å². The summed E-state index contributed by atoms with van der Waals surface area (Å²) in [4.78, 5) is 14.0. The molecule has 150 valence electrons. The number of rotatable bonds is 4. The van der Waals surface area contributed by atoms with Crippen LogP contribution in [0.5, 0.6) is 5.75 Å². The summed E-state index contributed by atoms with van der Waals surface area (Å²) in [7, 11) is -2.48. The van der Waals surface area contributed by atoms with E-state index in [1.165, 1.54) is 12.0 Å². The van der Waals surface area contributed by atoms with Gasteiger partial charge in [-0.05, 0) is 52.3 Å². The number of halogens is 3. The Kier molecular flexibility index (Phi) is 6.01. The van der Waals surface area contributed by atoms with Crippen LogP contribution in [-0.2, 0) is 10.0 Å². The van der Waals surface area contributed by atoms with E-state index in [9.17, 15) is 22.0 Å².